The van der Waals surface area contributed by atoms with Crippen molar-refractivity contribution in [2.24, 2.45) is 15.9 Å². The van der Waals surface area contributed by atoms with Gasteiger partial charge in [0, 0.05) is 37.0 Å². The summed E-state index contributed by atoms with van der Waals surface area (Å²) in [5.41, 5.74) is 2.78. The normalized spacial score (nSPS) is 29.1. The van der Waals surface area contributed by atoms with Gasteiger partial charge in [-0.25, -0.2) is 9.40 Å². The standard InChI is InChI=1S/C23H22FN5O/c1-15-2-3-19-17(6-15)10-28(27-19)14-22-11-23(12-22,13-22)21(30)29-20(4-5-26-29)16-7-18(24)9-25-8-16/h2-3,5-10,20H,4,11-14H2,1H3. The maximum Gasteiger partial charge on any atom is 0.249 e. The maximum atomic E-state index is 13.6. The topological polar surface area (TPSA) is 63.4 Å². The molecule has 1 aliphatic heterocycles. The number of aryl methyl sites for hydroxylation is 1. The van der Waals surface area contributed by atoms with Crippen molar-refractivity contribution in [1.29, 1.82) is 0 Å². The molecule has 3 aromatic rings. The Morgan fingerprint density at radius 3 is 2.87 bits per heavy atom. The van der Waals surface area contributed by atoms with E-state index in [1.165, 1.54) is 17.8 Å². The van der Waals surface area contributed by atoms with Crippen molar-refractivity contribution in [1.82, 2.24) is 19.8 Å². The number of benzene rings is 1. The number of nitrogens with zero attached hydrogens (tertiary/aromatic N) is 5. The SMILES string of the molecule is Cc1ccc2nn(CC34CC(C(=O)N5N=CCC5c5cncc(F)c5)(C3)C4)cc2c1. The summed E-state index contributed by atoms with van der Waals surface area (Å²) in [5.74, 6) is -0.327. The minimum absolute atomic E-state index is 0.0636. The number of hydrazone groups is 1. The number of hydrogen-bond acceptors (Lipinski definition) is 4. The Morgan fingerprint density at radius 2 is 2.07 bits per heavy atom. The molecule has 7 rings (SSSR count). The van der Waals surface area contributed by atoms with Crippen molar-refractivity contribution in [2.45, 2.75) is 45.2 Å². The molecule has 7 heteroatoms. The fraction of sp³-hybridized carbons (Fsp3) is 0.391. The number of pyridine rings is 1. The Hall–Kier alpha value is -3.09. The highest BCUT2D eigenvalue weighted by atomic mass is 19.1. The van der Waals surface area contributed by atoms with Crippen LogP contribution in [0.4, 0.5) is 4.39 Å². The van der Waals surface area contributed by atoms with Crippen LogP contribution in [0.3, 0.4) is 0 Å². The molecule has 0 spiro atoms. The van der Waals surface area contributed by atoms with Crippen LogP contribution in [-0.4, -0.2) is 31.9 Å². The van der Waals surface area contributed by atoms with E-state index in [4.69, 9.17) is 5.10 Å². The van der Waals surface area contributed by atoms with Crippen LogP contribution in [0.5, 0.6) is 0 Å². The molecule has 0 saturated heterocycles. The summed E-state index contributed by atoms with van der Waals surface area (Å²) in [6.45, 7) is 2.93. The quantitative estimate of drug-likeness (QED) is 0.661. The van der Waals surface area contributed by atoms with Gasteiger partial charge in [0.05, 0.1) is 23.2 Å². The largest absolute Gasteiger partial charge is 0.272 e. The second kappa shape index (κ2) is 5.97. The zero-order chi connectivity index (χ0) is 20.5. The summed E-state index contributed by atoms with van der Waals surface area (Å²) in [4.78, 5) is 17.2. The van der Waals surface area contributed by atoms with Gasteiger partial charge < -0.3 is 0 Å². The molecule has 4 aliphatic rings. The van der Waals surface area contributed by atoms with E-state index in [1.54, 1.807) is 17.4 Å². The summed E-state index contributed by atoms with van der Waals surface area (Å²) < 4.78 is 15.6. The summed E-state index contributed by atoms with van der Waals surface area (Å²) in [7, 11) is 0. The Bertz CT molecular complexity index is 1200. The number of fused-ring (bicyclic) bond motifs is 1. The van der Waals surface area contributed by atoms with E-state index in [1.807, 2.05) is 4.68 Å². The van der Waals surface area contributed by atoms with Crippen molar-refractivity contribution in [3.63, 3.8) is 0 Å². The minimum atomic E-state index is -0.391. The first-order valence-corrected chi connectivity index (χ1v) is 10.4. The van der Waals surface area contributed by atoms with Crippen LogP contribution in [0.1, 0.15) is 42.9 Å². The Balaban J connectivity index is 1.16. The van der Waals surface area contributed by atoms with Gasteiger partial charge in [0.1, 0.15) is 5.82 Å². The number of rotatable bonds is 4. The van der Waals surface area contributed by atoms with E-state index < -0.39 is 5.82 Å². The minimum Gasteiger partial charge on any atom is -0.272 e. The van der Waals surface area contributed by atoms with Crippen LogP contribution in [0.2, 0.25) is 0 Å². The van der Waals surface area contributed by atoms with Crippen molar-refractivity contribution in [3.05, 3.63) is 59.8 Å². The Labute approximate surface area is 173 Å². The molecule has 0 N–H and O–H groups in total. The lowest BCUT2D eigenvalue weighted by molar-refractivity contribution is -0.223. The van der Waals surface area contributed by atoms with Crippen molar-refractivity contribution in [2.75, 3.05) is 0 Å². The molecule has 2 bridgehead atoms. The number of halogens is 1. The van der Waals surface area contributed by atoms with Crippen LogP contribution in [0, 0.1) is 23.6 Å². The van der Waals surface area contributed by atoms with E-state index in [2.05, 4.69) is 41.4 Å². The molecular weight excluding hydrogens is 381 g/mol. The lowest BCUT2D eigenvalue weighted by Gasteiger charge is -2.69. The zero-order valence-electron chi connectivity index (χ0n) is 16.8. The third-order valence-corrected chi connectivity index (χ3v) is 6.95. The molecule has 6 nitrogen and oxygen atoms in total. The summed E-state index contributed by atoms with van der Waals surface area (Å²) in [5, 5.41) is 11.8. The first kappa shape index (κ1) is 17.7. The van der Waals surface area contributed by atoms with E-state index in [-0.39, 0.29) is 22.8 Å². The van der Waals surface area contributed by atoms with Gasteiger partial charge in [-0.2, -0.15) is 10.2 Å². The second-order valence-corrected chi connectivity index (χ2v) is 9.34. The van der Waals surface area contributed by atoms with Gasteiger partial charge >= 0.3 is 0 Å². The molecule has 152 valence electrons. The van der Waals surface area contributed by atoms with E-state index in [0.717, 1.165) is 36.7 Å². The smallest absolute Gasteiger partial charge is 0.249 e. The molecule has 3 aliphatic carbocycles. The van der Waals surface area contributed by atoms with Gasteiger partial charge in [0.15, 0.2) is 0 Å². The van der Waals surface area contributed by atoms with Gasteiger partial charge in [-0.3, -0.25) is 14.5 Å². The maximum absolute atomic E-state index is 13.6. The highest BCUT2D eigenvalue weighted by molar-refractivity contribution is 5.88. The average Bonchev–Trinajstić information content (AvgIpc) is 3.29. The molecule has 2 aromatic heterocycles. The van der Waals surface area contributed by atoms with Crippen LogP contribution >= 0.6 is 0 Å². The van der Waals surface area contributed by atoms with Gasteiger partial charge in [-0.05, 0) is 55.4 Å². The molecule has 1 aromatic carbocycles. The summed E-state index contributed by atoms with van der Waals surface area (Å²) in [6.07, 6.45) is 9.85. The monoisotopic (exact) mass is 403 g/mol. The Kier molecular flexibility index (Phi) is 3.53. The predicted octanol–water partition coefficient (Wildman–Crippen LogP) is 4.01. The molecule has 1 amide bonds. The van der Waals surface area contributed by atoms with Gasteiger partial charge in [0.25, 0.3) is 0 Å². The average molecular weight is 403 g/mol. The van der Waals surface area contributed by atoms with Crippen LogP contribution in [0.15, 0.2) is 48.0 Å². The number of carbonyl (C=O) groups excluding carboxylic acids is 1. The number of hydrogen-bond donors (Lipinski definition) is 0. The van der Waals surface area contributed by atoms with Gasteiger partial charge in [-0.1, -0.05) is 11.6 Å². The molecule has 3 heterocycles. The second-order valence-electron chi connectivity index (χ2n) is 9.34. The van der Waals surface area contributed by atoms with E-state index >= 15 is 0 Å². The molecular formula is C23H22FN5O. The first-order chi connectivity index (χ1) is 14.5. The molecule has 3 fully saturated rings. The van der Waals surface area contributed by atoms with Crippen molar-refractivity contribution < 1.29 is 9.18 Å². The van der Waals surface area contributed by atoms with Crippen LogP contribution in [0.25, 0.3) is 10.9 Å². The lowest BCUT2D eigenvalue weighted by atomic mass is 9.34. The summed E-state index contributed by atoms with van der Waals surface area (Å²) >= 11 is 0. The Morgan fingerprint density at radius 1 is 1.23 bits per heavy atom. The number of amides is 1. The third-order valence-electron chi connectivity index (χ3n) is 6.95. The number of aromatic nitrogens is 3. The molecule has 1 atom stereocenters. The fourth-order valence-electron chi connectivity index (χ4n) is 5.75. The lowest BCUT2D eigenvalue weighted by Crippen LogP contribution is -2.68. The fourth-order valence-corrected chi connectivity index (χ4v) is 5.75. The zero-order valence-corrected chi connectivity index (χ0v) is 16.8. The molecule has 1 unspecified atom stereocenters. The van der Waals surface area contributed by atoms with Crippen molar-refractivity contribution in [3.8, 4) is 0 Å². The van der Waals surface area contributed by atoms with E-state index in [0.29, 0.717) is 12.0 Å². The highest BCUT2D eigenvalue weighted by Gasteiger charge is 2.72. The molecule has 0 radical (unpaired) electrons. The first-order valence-electron chi connectivity index (χ1n) is 10.4. The predicted molar refractivity (Wildman–Crippen MR) is 110 cm³/mol. The van der Waals surface area contributed by atoms with Gasteiger partial charge in [0.2, 0.25) is 5.91 Å². The molecule has 30 heavy (non-hydrogen) atoms. The van der Waals surface area contributed by atoms with E-state index in [9.17, 15) is 9.18 Å². The molecule has 3 saturated carbocycles. The van der Waals surface area contributed by atoms with Crippen LogP contribution in [-0.2, 0) is 11.3 Å². The van der Waals surface area contributed by atoms with Crippen LogP contribution < -0.4 is 0 Å². The third kappa shape index (κ3) is 2.54. The van der Waals surface area contributed by atoms with Gasteiger partial charge in [-0.15, -0.1) is 0 Å². The highest BCUT2D eigenvalue weighted by Crippen LogP contribution is 2.74. The number of carbonyl (C=O) groups is 1. The van der Waals surface area contributed by atoms with Crippen molar-refractivity contribution >= 4 is 23.0 Å². The summed E-state index contributed by atoms with van der Waals surface area (Å²) in [6, 6.07) is 7.47.